The fraction of sp³-hybridized carbons (Fsp3) is 0.765. The van der Waals surface area contributed by atoms with E-state index < -0.39 is 0 Å². The maximum Gasteiger partial charge on any atom is 0.111 e. The fourth-order valence-electron chi connectivity index (χ4n) is 4.55. The van der Waals surface area contributed by atoms with Crippen LogP contribution in [-0.2, 0) is 0 Å². The van der Waals surface area contributed by atoms with E-state index >= 15 is 0 Å². The third-order valence-electron chi connectivity index (χ3n) is 6.03. The summed E-state index contributed by atoms with van der Waals surface area (Å²) in [7, 11) is 0. The van der Waals surface area contributed by atoms with Gasteiger partial charge in [-0.2, -0.15) is 0 Å². The standard InChI is InChI=1S/C17H26O/c1-16(10-6-15(18)7-11-16)14-4-12-17(13-5-14)8-2-3-9-17/h6-7,10,14,18H,2-5,8-9,11-13H2,1H3. The van der Waals surface area contributed by atoms with Gasteiger partial charge in [-0.1, -0.05) is 25.8 Å². The Morgan fingerprint density at radius 2 is 1.78 bits per heavy atom. The van der Waals surface area contributed by atoms with Crippen LogP contribution in [0.2, 0.25) is 0 Å². The fourth-order valence-corrected chi connectivity index (χ4v) is 4.55. The highest BCUT2D eigenvalue weighted by atomic mass is 16.3. The molecule has 2 fully saturated rings. The Balaban J connectivity index is 1.64. The van der Waals surface area contributed by atoms with Gasteiger partial charge < -0.3 is 5.11 Å². The van der Waals surface area contributed by atoms with Gasteiger partial charge in [0.25, 0.3) is 0 Å². The molecule has 1 atom stereocenters. The molecule has 3 aliphatic rings. The summed E-state index contributed by atoms with van der Waals surface area (Å²) in [5.41, 5.74) is 1.04. The van der Waals surface area contributed by atoms with E-state index in [1.807, 2.05) is 12.2 Å². The third-order valence-corrected chi connectivity index (χ3v) is 6.03. The third kappa shape index (κ3) is 2.13. The van der Waals surface area contributed by atoms with Gasteiger partial charge in [0.15, 0.2) is 0 Å². The molecule has 0 heterocycles. The van der Waals surface area contributed by atoms with Crippen LogP contribution in [0.5, 0.6) is 0 Å². The Hall–Kier alpha value is -0.720. The van der Waals surface area contributed by atoms with Crippen molar-refractivity contribution in [1.29, 1.82) is 0 Å². The van der Waals surface area contributed by atoms with Crippen molar-refractivity contribution in [3.8, 4) is 0 Å². The summed E-state index contributed by atoms with van der Waals surface area (Å²) in [4.78, 5) is 0. The molecule has 1 N–H and O–H groups in total. The van der Waals surface area contributed by atoms with Crippen LogP contribution in [0.4, 0.5) is 0 Å². The second-order valence-electron chi connectivity index (χ2n) is 7.15. The average molecular weight is 246 g/mol. The molecule has 0 aromatic heterocycles. The zero-order valence-electron chi connectivity index (χ0n) is 11.6. The van der Waals surface area contributed by atoms with E-state index in [0.717, 1.165) is 17.8 Å². The van der Waals surface area contributed by atoms with Gasteiger partial charge in [0.1, 0.15) is 5.76 Å². The minimum atomic E-state index is 0.298. The van der Waals surface area contributed by atoms with Crippen LogP contribution in [0.1, 0.15) is 64.7 Å². The zero-order chi connectivity index (χ0) is 12.6. The van der Waals surface area contributed by atoms with Gasteiger partial charge in [0, 0.05) is 0 Å². The zero-order valence-corrected chi connectivity index (χ0v) is 11.6. The van der Waals surface area contributed by atoms with Gasteiger partial charge in [-0.25, -0.2) is 0 Å². The average Bonchev–Trinajstić information content (AvgIpc) is 2.82. The van der Waals surface area contributed by atoms with E-state index in [2.05, 4.69) is 13.0 Å². The highest BCUT2D eigenvalue weighted by molar-refractivity contribution is 5.21. The minimum absolute atomic E-state index is 0.298. The van der Waals surface area contributed by atoms with Gasteiger partial charge >= 0.3 is 0 Å². The van der Waals surface area contributed by atoms with Crippen LogP contribution < -0.4 is 0 Å². The number of aliphatic hydroxyl groups excluding tert-OH is 1. The second-order valence-corrected chi connectivity index (χ2v) is 7.15. The Morgan fingerprint density at radius 3 is 2.33 bits per heavy atom. The first-order valence-electron chi connectivity index (χ1n) is 7.70. The largest absolute Gasteiger partial charge is 0.508 e. The van der Waals surface area contributed by atoms with Gasteiger partial charge in [0.2, 0.25) is 0 Å². The molecule has 1 nitrogen and oxygen atoms in total. The molecule has 0 bridgehead atoms. The highest BCUT2D eigenvalue weighted by Crippen LogP contribution is 2.54. The molecule has 1 unspecified atom stereocenters. The number of hydrogen-bond acceptors (Lipinski definition) is 1. The number of aliphatic hydroxyl groups is 1. The quantitative estimate of drug-likeness (QED) is 0.678. The summed E-state index contributed by atoms with van der Waals surface area (Å²) < 4.78 is 0. The summed E-state index contributed by atoms with van der Waals surface area (Å²) in [5.74, 6) is 1.28. The van der Waals surface area contributed by atoms with Gasteiger partial charge in [-0.3, -0.25) is 0 Å². The van der Waals surface area contributed by atoms with Crippen LogP contribution in [-0.4, -0.2) is 5.11 Å². The molecule has 100 valence electrons. The summed E-state index contributed by atoms with van der Waals surface area (Å²) in [5, 5.41) is 9.48. The molecule has 1 heteroatoms. The summed E-state index contributed by atoms with van der Waals surface area (Å²) in [6, 6.07) is 0. The lowest BCUT2D eigenvalue weighted by atomic mass is 9.61. The van der Waals surface area contributed by atoms with Crippen molar-refractivity contribution in [2.75, 3.05) is 0 Å². The lowest BCUT2D eigenvalue weighted by Crippen LogP contribution is -2.33. The Kier molecular flexibility index (Phi) is 3.03. The second kappa shape index (κ2) is 4.43. The SMILES string of the molecule is CC1(C2CCC3(CCCC3)CC2)C=CC(O)=CC1. The van der Waals surface area contributed by atoms with Crippen LogP contribution in [0.15, 0.2) is 24.0 Å². The van der Waals surface area contributed by atoms with E-state index in [0.29, 0.717) is 11.2 Å². The van der Waals surface area contributed by atoms with Crippen molar-refractivity contribution in [3.63, 3.8) is 0 Å². The van der Waals surface area contributed by atoms with Crippen LogP contribution in [0.25, 0.3) is 0 Å². The van der Waals surface area contributed by atoms with E-state index in [9.17, 15) is 5.11 Å². The van der Waals surface area contributed by atoms with Crippen molar-refractivity contribution < 1.29 is 5.11 Å². The van der Waals surface area contributed by atoms with Crippen LogP contribution in [0, 0.1) is 16.7 Å². The normalized spacial score (nSPS) is 35.9. The highest BCUT2D eigenvalue weighted by Gasteiger charge is 2.42. The lowest BCUT2D eigenvalue weighted by molar-refractivity contribution is 0.0965. The summed E-state index contributed by atoms with van der Waals surface area (Å²) in [6.45, 7) is 2.38. The monoisotopic (exact) mass is 246 g/mol. The maximum absolute atomic E-state index is 9.48. The molecule has 2 saturated carbocycles. The molecule has 3 aliphatic carbocycles. The van der Waals surface area contributed by atoms with Gasteiger partial charge in [-0.15, -0.1) is 0 Å². The van der Waals surface area contributed by atoms with Crippen molar-refractivity contribution in [2.45, 2.75) is 64.7 Å². The Labute approximate surface area is 111 Å². The van der Waals surface area contributed by atoms with Crippen molar-refractivity contribution in [3.05, 3.63) is 24.0 Å². The Bertz CT molecular complexity index is 363. The molecule has 18 heavy (non-hydrogen) atoms. The first kappa shape index (κ1) is 12.3. The molecule has 0 aromatic rings. The predicted molar refractivity (Wildman–Crippen MR) is 75.4 cm³/mol. The Morgan fingerprint density at radius 1 is 1.11 bits per heavy atom. The van der Waals surface area contributed by atoms with Gasteiger partial charge in [0.05, 0.1) is 0 Å². The molecule has 0 saturated heterocycles. The van der Waals surface area contributed by atoms with Gasteiger partial charge in [-0.05, 0) is 73.8 Å². The molecule has 0 aliphatic heterocycles. The van der Waals surface area contributed by atoms with E-state index in [1.54, 1.807) is 0 Å². The van der Waals surface area contributed by atoms with E-state index in [4.69, 9.17) is 0 Å². The topological polar surface area (TPSA) is 20.2 Å². The first-order chi connectivity index (χ1) is 8.62. The number of rotatable bonds is 1. The van der Waals surface area contributed by atoms with E-state index in [-0.39, 0.29) is 0 Å². The predicted octanol–water partition coefficient (Wildman–Crippen LogP) is 5.15. The molecule has 3 rings (SSSR count). The van der Waals surface area contributed by atoms with Crippen molar-refractivity contribution >= 4 is 0 Å². The maximum atomic E-state index is 9.48. The molecular formula is C17H26O. The molecular weight excluding hydrogens is 220 g/mol. The minimum Gasteiger partial charge on any atom is -0.508 e. The van der Waals surface area contributed by atoms with Crippen molar-refractivity contribution in [2.24, 2.45) is 16.7 Å². The number of allylic oxidation sites excluding steroid dienone is 3. The number of hydrogen-bond donors (Lipinski definition) is 1. The van der Waals surface area contributed by atoms with E-state index in [1.165, 1.54) is 51.4 Å². The molecule has 0 radical (unpaired) electrons. The van der Waals surface area contributed by atoms with Crippen LogP contribution >= 0.6 is 0 Å². The smallest absolute Gasteiger partial charge is 0.111 e. The first-order valence-corrected chi connectivity index (χ1v) is 7.70. The molecule has 0 amide bonds. The van der Waals surface area contributed by atoms with Crippen molar-refractivity contribution in [1.82, 2.24) is 0 Å². The molecule has 0 aromatic carbocycles. The molecule has 1 spiro atoms. The summed E-state index contributed by atoms with van der Waals surface area (Å²) in [6.07, 6.45) is 18.8. The van der Waals surface area contributed by atoms with Crippen LogP contribution in [0.3, 0.4) is 0 Å². The lowest BCUT2D eigenvalue weighted by Gasteiger charge is -2.44. The summed E-state index contributed by atoms with van der Waals surface area (Å²) >= 11 is 0.